The van der Waals surface area contributed by atoms with Crippen molar-refractivity contribution in [2.75, 3.05) is 0 Å². The van der Waals surface area contributed by atoms with Gasteiger partial charge in [0.05, 0.1) is 16.6 Å². The van der Waals surface area contributed by atoms with E-state index in [9.17, 15) is 24.8 Å². The van der Waals surface area contributed by atoms with Gasteiger partial charge >= 0.3 is 5.97 Å². The van der Waals surface area contributed by atoms with Gasteiger partial charge in [-0.25, -0.2) is 0 Å². The van der Waals surface area contributed by atoms with Crippen LogP contribution in [0.2, 0.25) is 0 Å². The lowest BCUT2D eigenvalue weighted by Crippen LogP contribution is -2.15. The number of carbonyl (C=O) groups is 2. The predicted octanol–water partition coefficient (Wildman–Crippen LogP) is 2.44. The highest BCUT2D eigenvalue weighted by Gasteiger charge is 2.25. The number of nitro benzene ring substituents is 1. The molecule has 2 aromatic carbocycles. The molecule has 0 spiro atoms. The monoisotopic (exact) mass is 315 g/mol. The molecule has 7 nitrogen and oxygen atoms in total. The molecule has 0 aliphatic carbocycles. The number of carbonyl (C=O) groups excluding carboxylic acids is 2. The summed E-state index contributed by atoms with van der Waals surface area (Å²) >= 11 is 0. The Morgan fingerprint density at radius 2 is 1.83 bits per heavy atom. The Bertz CT molecular complexity index is 756. The van der Waals surface area contributed by atoms with E-state index >= 15 is 0 Å². The average Bonchev–Trinajstić information content (AvgIpc) is 2.53. The molecular formula is C16H13NO6. The van der Waals surface area contributed by atoms with Gasteiger partial charge in [0.2, 0.25) is 0 Å². The van der Waals surface area contributed by atoms with Crippen molar-refractivity contribution in [2.24, 2.45) is 0 Å². The summed E-state index contributed by atoms with van der Waals surface area (Å²) < 4.78 is 4.87. The SMILES string of the molecule is CC(=O)Oc1cc([N+](=O)[O-])ccc1C(=O)C(O)c1ccccc1. The molecule has 2 aromatic rings. The molecule has 0 heterocycles. The van der Waals surface area contributed by atoms with Crippen molar-refractivity contribution in [2.45, 2.75) is 13.0 Å². The average molecular weight is 315 g/mol. The second-order valence-corrected chi connectivity index (χ2v) is 4.71. The maximum absolute atomic E-state index is 12.4. The first-order valence-electron chi connectivity index (χ1n) is 6.64. The Labute approximate surface area is 131 Å². The fraction of sp³-hybridized carbons (Fsp3) is 0.125. The number of aliphatic hydroxyl groups is 1. The number of ketones is 1. The van der Waals surface area contributed by atoms with Crippen LogP contribution in [0.1, 0.15) is 28.9 Å². The second kappa shape index (κ2) is 6.80. The topological polar surface area (TPSA) is 107 Å². The summed E-state index contributed by atoms with van der Waals surface area (Å²) in [5, 5.41) is 21.0. The number of hydrogen-bond acceptors (Lipinski definition) is 6. The minimum Gasteiger partial charge on any atom is -0.426 e. The molecule has 2 rings (SSSR count). The van der Waals surface area contributed by atoms with E-state index in [2.05, 4.69) is 0 Å². The molecule has 1 N–H and O–H groups in total. The Morgan fingerprint density at radius 3 is 2.39 bits per heavy atom. The zero-order valence-electron chi connectivity index (χ0n) is 12.1. The summed E-state index contributed by atoms with van der Waals surface area (Å²) in [6.07, 6.45) is -1.47. The number of non-ortho nitro benzene ring substituents is 1. The quantitative estimate of drug-likeness (QED) is 0.298. The van der Waals surface area contributed by atoms with Gasteiger partial charge in [-0.1, -0.05) is 30.3 Å². The molecule has 118 valence electrons. The molecule has 0 fully saturated rings. The van der Waals surface area contributed by atoms with Crippen LogP contribution in [-0.4, -0.2) is 21.8 Å². The number of benzene rings is 2. The van der Waals surface area contributed by atoms with Crippen molar-refractivity contribution in [1.82, 2.24) is 0 Å². The van der Waals surface area contributed by atoms with E-state index in [1.165, 1.54) is 0 Å². The van der Waals surface area contributed by atoms with Crippen LogP contribution in [0.3, 0.4) is 0 Å². The Balaban J connectivity index is 2.42. The van der Waals surface area contributed by atoms with Gasteiger partial charge in [-0.3, -0.25) is 19.7 Å². The smallest absolute Gasteiger partial charge is 0.308 e. The predicted molar refractivity (Wildman–Crippen MR) is 80.1 cm³/mol. The first kappa shape index (κ1) is 16.3. The van der Waals surface area contributed by atoms with Crippen LogP contribution in [0.4, 0.5) is 5.69 Å². The molecule has 0 amide bonds. The largest absolute Gasteiger partial charge is 0.426 e. The van der Waals surface area contributed by atoms with Crippen molar-refractivity contribution in [3.63, 3.8) is 0 Å². The van der Waals surface area contributed by atoms with Crippen LogP contribution in [0.5, 0.6) is 5.75 Å². The molecule has 0 aliphatic heterocycles. The zero-order valence-corrected chi connectivity index (χ0v) is 12.1. The van der Waals surface area contributed by atoms with Crippen LogP contribution in [-0.2, 0) is 4.79 Å². The van der Waals surface area contributed by atoms with Gasteiger partial charge in [0.1, 0.15) is 11.9 Å². The van der Waals surface area contributed by atoms with Crippen LogP contribution < -0.4 is 4.74 Å². The second-order valence-electron chi connectivity index (χ2n) is 4.71. The van der Waals surface area contributed by atoms with E-state index in [1.54, 1.807) is 30.3 Å². The maximum Gasteiger partial charge on any atom is 0.308 e. The van der Waals surface area contributed by atoms with Gasteiger partial charge in [-0.2, -0.15) is 0 Å². The molecule has 0 bridgehead atoms. The summed E-state index contributed by atoms with van der Waals surface area (Å²) in [7, 11) is 0. The van der Waals surface area contributed by atoms with Gasteiger partial charge in [0, 0.05) is 13.0 Å². The highest BCUT2D eigenvalue weighted by Crippen LogP contribution is 2.29. The Kier molecular flexibility index (Phi) is 4.82. The fourth-order valence-corrected chi connectivity index (χ4v) is 2.00. The van der Waals surface area contributed by atoms with E-state index in [4.69, 9.17) is 4.74 Å². The highest BCUT2D eigenvalue weighted by molar-refractivity contribution is 6.02. The number of hydrogen-bond donors (Lipinski definition) is 1. The van der Waals surface area contributed by atoms with Crippen LogP contribution in [0.25, 0.3) is 0 Å². The molecule has 1 atom stereocenters. The van der Waals surface area contributed by atoms with Gasteiger partial charge in [0.25, 0.3) is 5.69 Å². The molecule has 1 unspecified atom stereocenters. The lowest BCUT2D eigenvalue weighted by Gasteiger charge is -2.13. The number of ether oxygens (including phenoxy) is 1. The van der Waals surface area contributed by atoms with Crippen LogP contribution >= 0.6 is 0 Å². The van der Waals surface area contributed by atoms with E-state index in [-0.39, 0.29) is 17.0 Å². The van der Waals surface area contributed by atoms with Gasteiger partial charge < -0.3 is 9.84 Å². The third kappa shape index (κ3) is 3.78. The zero-order chi connectivity index (χ0) is 17.0. The first-order valence-corrected chi connectivity index (χ1v) is 6.64. The molecule has 23 heavy (non-hydrogen) atoms. The van der Waals surface area contributed by atoms with Crippen molar-refractivity contribution in [3.8, 4) is 5.75 Å². The van der Waals surface area contributed by atoms with Gasteiger partial charge in [0.15, 0.2) is 5.78 Å². The van der Waals surface area contributed by atoms with Crippen molar-refractivity contribution in [1.29, 1.82) is 0 Å². The summed E-state index contributed by atoms with van der Waals surface area (Å²) in [4.78, 5) is 33.7. The third-order valence-corrected chi connectivity index (χ3v) is 3.06. The lowest BCUT2D eigenvalue weighted by atomic mass is 9.99. The normalized spacial score (nSPS) is 11.6. The number of rotatable bonds is 5. The van der Waals surface area contributed by atoms with Crippen LogP contribution in [0, 0.1) is 10.1 Å². The van der Waals surface area contributed by atoms with Crippen molar-refractivity contribution < 1.29 is 24.4 Å². The summed E-state index contributed by atoms with van der Waals surface area (Å²) in [6.45, 7) is 1.11. The van der Waals surface area contributed by atoms with Gasteiger partial charge in [-0.15, -0.1) is 0 Å². The molecular weight excluding hydrogens is 302 g/mol. The summed E-state index contributed by atoms with van der Waals surface area (Å²) in [6, 6.07) is 11.4. The molecule has 0 radical (unpaired) electrons. The van der Waals surface area contributed by atoms with E-state index in [0.717, 1.165) is 25.1 Å². The number of esters is 1. The highest BCUT2D eigenvalue weighted by atomic mass is 16.6. The molecule has 0 saturated carbocycles. The third-order valence-electron chi connectivity index (χ3n) is 3.06. The van der Waals surface area contributed by atoms with E-state index in [1.807, 2.05) is 0 Å². The number of Topliss-reactive ketones (excluding diaryl/α,β-unsaturated/α-hetero) is 1. The summed E-state index contributed by atoms with van der Waals surface area (Å²) in [5.74, 6) is -1.71. The fourth-order valence-electron chi connectivity index (χ4n) is 2.00. The summed E-state index contributed by atoms with van der Waals surface area (Å²) in [5.41, 5.74) is -0.0706. The van der Waals surface area contributed by atoms with E-state index in [0.29, 0.717) is 5.56 Å². The number of aliphatic hydroxyl groups excluding tert-OH is 1. The minimum atomic E-state index is -1.47. The molecule has 0 aromatic heterocycles. The standard InChI is InChI=1S/C16H13NO6/c1-10(18)23-14-9-12(17(21)22)7-8-13(14)16(20)15(19)11-5-3-2-4-6-11/h2-9,15,19H,1H3. The molecule has 7 heteroatoms. The number of nitrogens with zero attached hydrogens (tertiary/aromatic N) is 1. The van der Waals surface area contributed by atoms with Gasteiger partial charge in [-0.05, 0) is 11.6 Å². The minimum absolute atomic E-state index is 0.109. The molecule has 0 saturated heterocycles. The maximum atomic E-state index is 12.4. The Morgan fingerprint density at radius 1 is 1.17 bits per heavy atom. The lowest BCUT2D eigenvalue weighted by molar-refractivity contribution is -0.384. The first-order chi connectivity index (χ1) is 10.9. The van der Waals surface area contributed by atoms with Crippen molar-refractivity contribution >= 4 is 17.4 Å². The molecule has 0 aliphatic rings. The van der Waals surface area contributed by atoms with Crippen LogP contribution in [0.15, 0.2) is 48.5 Å². The van der Waals surface area contributed by atoms with E-state index < -0.39 is 22.8 Å². The Hall–Kier alpha value is -3.06. The number of nitro groups is 1. The van der Waals surface area contributed by atoms with Crippen molar-refractivity contribution in [3.05, 3.63) is 69.8 Å².